The number of rotatable bonds is 2. The van der Waals surface area contributed by atoms with Gasteiger partial charge in [0.25, 0.3) is 0 Å². The van der Waals surface area contributed by atoms with Crippen molar-refractivity contribution < 1.29 is 9.47 Å². The lowest BCUT2D eigenvalue weighted by Crippen LogP contribution is -2.25. The van der Waals surface area contributed by atoms with Crippen molar-refractivity contribution in [2.45, 2.75) is 26.8 Å². The van der Waals surface area contributed by atoms with E-state index >= 15 is 0 Å². The van der Waals surface area contributed by atoms with Gasteiger partial charge in [-0.3, -0.25) is 0 Å². The van der Waals surface area contributed by atoms with Crippen molar-refractivity contribution in [3.8, 4) is 5.75 Å². The molecule has 110 valence electrons. The van der Waals surface area contributed by atoms with Gasteiger partial charge in [0.05, 0.1) is 18.7 Å². The predicted molar refractivity (Wildman–Crippen MR) is 86.2 cm³/mol. The summed E-state index contributed by atoms with van der Waals surface area (Å²) in [6, 6.07) is 12.6. The van der Waals surface area contributed by atoms with Crippen LogP contribution in [0.15, 0.2) is 41.4 Å². The SMILES string of the molecule is COc1cc2ccccc2cc1C1=N[C@@H](C(C)(C)C)CO1. The molecule has 0 aliphatic carbocycles. The van der Waals surface area contributed by atoms with E-state index in [-0.39, 0.29) is 11.5 Å². The van der Waals surface area contributed by atoms with E-state index in [9.17, 15) is 0 Å². The first-order valence-corrected chi connectivity index (χ1v) is 7.27. The van der Waals surface area contributed by atoms with Crippen LogP contribution in [0, 0.1) is 5.41 Å². The summed E-state index contributed by atoms with van der Waals surface area (Å²) in [6.07, 6.45) is 0. The quantitative estimate of drug-likeness (QED) is 0.832. The maximum atomic E-state index is 5.84. The minimum atomic E-state index is 0.103. The molecule has 0 radical (unpaired) electrons. The third-order valence-electron chi connectivity index (χ3n) is 3.95. The van der Waals surface area contributed by atoms with Crippen LogP contribution in [0.5, 0.6) is 5.75 Å². The molecule has 0 N–H and O–H groups in total. The highest BCUT2D eigenvalue weighted by molar-refractivity contribution is 6.02. The van der Waals surface area contributed by atoms with Gasteiger partial charge in [-0.2, -0.15) is 0 Å². The van der Waals surface area contributed by atoms with Gasteiger partial charge in [-0.1, -0.05) is 45.0 Å². The van der Waals surface area contributed by atoms with Gasteiger partial charge >= 0.3 is 0 Å². The van der Waals surface area contributed by atoms with Crippen LogP contribution in [0.3, 0.4) is 0 Å². The predicted octanol–water partition coefficient (Wildman–Crippen LogP) is 4.04. The topological polar surface area (TPSA) is 30.8 Å². The Morgan fingerprint density at radius 1 is 1.14 bits per heavy atom. The summed E-state index contributed by atoms with van der Waals surface area (Å²) in [7, 11) is 1.68. The Labute approximate surface area is 125 Å². The maximum absolute atomic E-state index is 5.84. The molecule has 0 saturated heterocycles. The molecule has 21 heavy (non-hydrogen) atoms. The summed E-state index contributed by atoms with van der Waals surface area (Å²) in [5, 5.41) is 2.32. The second-order valence-electron chi connectivity index (χ2n) is 6.53. The molecular formula is C18H21NO2. The lowest BCUT2D eigenvalue weighted by Gasteiger charge is -2.21. The zero-order chi connectivity index (χ0) is 15.0. The van der Waals surface area contributed by atoms with Crippen LogP contribution < -0.4 is 4.74 Å². The Hall–Kier alpha value is -2.03. The Kier molecular flexibility index (Phi) is 3.36. The molecule has 3 rings (SSSR count). The van der Waals surface area contributed by atoms with Crippen molar-refractivity contribution in [3.05, 3.63) is 42.0 Å². The fourth-order valence-corrected chi connectivity index (χ4v) is 2.52. The van der Waals surface area contributed by atoms with Crippen LogP contribution in [0.4, 0.5) is 0 Å². The van der Waals surface area contributed by atoms with Gasteiger partial charge in [0.15, 0.2) is 0 Å². The molecule has 1 aliphatic rings. The summed E-state index contributed by atoms with van der Waals surface area (Å²) in [4.78, 5) is 4.76. The molecule has 0 saturated carbocycles. The van der Waals surface area contributed by atoms with E-state index in [4.69, 9.17) is 14.5 Å². The van der Waals surface area contributed by atoms with Crippen molar-refractivity contribution >= 4 is 16.7 Å². The van der Waals surface area contributed by atoms with E-state index in [1.54, 1.807) is 7.11 Å². The van der Waals surface area contributed by atoms with Gasteiger partial charge < -0.3 is 9.47 Å². The molecule has 1 heterocycles. The average Bonchev–Trinajstić information content (AvgIpc) is 2.95. The third-order valence-corrected chi connectivity index (χ3v) is 3.95. The van der Waals surface area contributed by atoms with Gasteiger partial charge in [-0.25, -0.2) is 4.99 Å². The molecule has 0 fully saturated rings. The van der Waals surface area contributed by atoms with Gasteiger partial charge in [0.1, 0.15) is 12.4 Å². The molecule has 3 heteroatoms. The minimum absolute atomic E-state index is 0.103. The Balaban J connectivity index is 2.08. The average molecular weight is 283 g/mol. The molecule has 2 aromatic carbocycles. The summed E-state index contributed by atoms with van der Waals surface area (Å²) in [5.41, 5.74) is 1.04. The Morgan fingerprint density at radius 3 is 2.38 bits per heavy atom. The molecule has 0 bridgehead atoms. The number of hydrogen-bond donors (Lipinski definition) is 0. The lowest BCUT2D eigenvalue weighted by molar-refractivity contribution is 0.235. The van der Waals surface area contributed by atoms with Gasteiger partial charge in [0, 0.05) is 0 Å². The standard InChI is InChI=1S/C18H21NO2/c1-18(2,3)16-11-21-17(19-16)14-9-12-7-5-6-8-13(12)10-15(14)20-4/h5-10,16H,11H2,1-4H3/t16-/m1/s1. The van der Waals surface area contributed by atoms with Gasteiger partial charge in [0.2, 0.25) is 5.90 Å². The highest BCUT2D eigenvalue weighted by Crippen LogP contribution is 2.32. The zero-order valence-electron chi connectivity index (χ0n) is 13.0. The van der Waals surface area contributed by atoms with E-state index in [1.165, 1.54) is 5.39 Å². The van der Waals surface area contributed by atoms with Crippen molar-refractivity contribution in [2.75, 3.05) is 13.7 Å². The van der Waals surface area contributed by atoms with E-state index in [2.05, 4.69) is 39.0 Å². The van der Waals surface area contributed by atoms with E-state index in [0.29, 0.717) is 12.5 Å². The number of ether oxygens (including phenoxy) is 2. The first kappa shape index (κ1) is 13.9. The molecule has 3 nitrogen and oxygen atoms in total. The lowest BCUT2D eigenvalue weighted by atomic mass is 9.88. The Morgan fingerprint density at radius 2 is 1.81 bits per heavy atom. The minimum Gasteiger partial charge on any atom is -0.496 e. The third kappa shape index (κ3) is 2.60. The molecule has 1 aliphatic heterocycles. The molecule has 2 aromatic rings. The molecule has 1 atom stereocenters. The number of benzene rings is 2. The van der Waals surface area contributed by atoms with Crippen LogP contribution in [-0.2, 0) is 4.74 Å². The highest BCUT2D eigenvalue weighted by Gasteiger charge is 2.31. The molecular weight excluding hydrogens is 262 g/mol. The van der Waals surface area contributed by atoms with Crippen LogP contribution in [-0.4, -0.2) is 25.7 Å². The van der Waals surface area contributed by atoms with E-state index in [0.717, 1.165) is 16.7 Å². The summed E-state index contributed by atoms with van der Waals surface area (Å²) >= 11 is 0. The number of nitrogens with zero attached hydrogens (tertiary/aromatic N) is 1. The monoisotopic (exact) mass is 283 g/mol. The smallest absolute Gasteiger partial charge is 0.220 e. The zero-order valence-corrected chi connectivity index (χ0v) is 13.0. The van der Waals surface area contributed by atoms with Crippen molar-refractivity contribution in [1.29, 1.82) is 0 Å². The number of aliphatic imine (C=N–C) groups is 1. The van der Waals surface area contributed by atoms with Crippen LogP contribution in [0.1, 0.15) is 26.3 Å². The van der Waals surface area contributed by atoms with E-state index < -0.39 is 0 Å². The van der Waals surface area contributed by atoms with Crippen LogP contribution in [0.2, 0.25) is 0 Å². The first-order chi connectivity index (χ1) is 9.99. The number of fused-ring (bicyclic) bond motifs is 1. The molecule has 0 aromatic heterocycles. The van der Waals surface area contributed by atoms with Crippen molar-refractivity contribution in [1.82, 2.24) is 0 Å². The second kappa shape index (κ2) is 5.06. The van der Waals surface area contributed by atoms with Gasteiger partial charge in [-0.15, -0.1) is 0 Å². The largest absolute Gasteiger partial charge is 0.496 e. The fraction of sp³-hybridized carbons (Fsp3) is 0.389. The van der Waals surface area contributed by atoms with Gasteiger partial charge in [-0.05, 0) is 28.3 Å². The maximum Gasteiger partial charge on any atom is 0.220 e. The van der Waals surface area contributed by atoms with Crippen LogP contribution in [0.25, 0.3) is 10.8 Å². The molecule has 0 amide bonds. The summed E-state index contributed by atoms with van der Waals surface area (Å²) in [6.45, 7) is 7.19. The fourth-order valence-electron chi connectivity index (χ4n) is 2.52. The van der Waals surface area contributed by atoms with Crippen LogP contribution >= 0.6 is 0 Å². The summed E-state index contributed by atoms with van der Waals surface area (Å²) < 4.78 is 11.4. The van der Waals surface area contributed by atoms with Crippen molar-refractivity contribution in [2.24, 2.45) is 10.4 Å². The number of methoxy groups -OCH3 is 1. The molecule has 0 spiro atoms. The second-order valence-corrected chi connectivity index (χ2v) is 6.53. The highest BCUT2D eigenvalue weighted by atomic mass is 16.5. The first-order valence-electron chi connectivity index (χ1n) is 7.27. The molecule has 0 unspecified atom stereocenters. The van der Waals surface area contributed by atoms with E-state index in [1.807, 2.05) is 18.2 Å². The number of hydrogen-bond acceptors (Lipinski definition) is 3. The summed E-state index contributed by atoms with van der Waals surface area (Å²) in [5.74, 6) is 1.50. The normalized spacial score (nSPS) is 18.5. The Bertz CT molecular complexity index is 698. The van der Waals surface area contributed by atoms with Crippen molar-refractivity contribution in [3.63, 3.8) is 0 Å².